The molecule has 24 heavy (non-hydrogen) atoms. The van der Waals surface area contributed by atoms with Crippen LogP contribution < -0.4 is 5.32 Å². The average molecular weight is 346 g/mol. The average Bonchev–Trinajstić information content (AvgIpc) is 3.08. The lowest BCUT2D eigenvalue weighted by Gasteiger charge is -2.36. The van der Waals surface area contributed by atoms with Crippen LogP contribution >= 0.6 is 11.3 Å². The summed E-state index contributed by atoms with van der Waals surface area (Å²) in [5.74, 6) is -0.155. The normalized spacial score (nSPS) is 18.3. The molecule has 1 aliphatic heterocycles. The topological polar surface area (TPSA) is 32.3 Å². The highest BCUT2D eigenvalue weighted by Gasteiger charge is 2.32. The lowest BCUT2D eigenvalue weighted by atomic mass is 9.93. The first-order valence-corrected chi connectivity index (χ1v) is 9.32. The van der Waals surface area contributed by atoms with Crippen LogP contribution in [0.5, 0.6) is 0 Å². The van der Waals surface area contributed by atoms with Gasteiger partial charge >= 0.3 is 0 Å². The van der Waals surface area contributed by atoms with Crippen molar-refractivity contribution >= 4 is 17.2 Å². The van der Waals surface area contributed by atoms with E-state index in [1.54, 1.807) is 23.5 Å². The lowest BCUT2D eigenvalue weighted by molar-refractivity contribution is -0.132. The van der Waals surface area contributed by atoms with Crippen molar-refractivity contribution in [3.8, 4) is 0 Å². The van der Waals surface area contributed by atoms with E-state index in [-0.39, 0.29) is 17.8 Å². The predicted octanol–water partition coefficient (Wildman–Crippen LogP) is 3.75. The maximum Gasteiger partial charge on any atom is 0.237 e. The van der Waals surface area contributed by atoms with Gasteiger partial charge in [-0.25, -0.2) is 4.39 Å². The smallest absolute Gasteiger partial charge is 0.237 e. The van der Waals surface area contributed by atoms with E-state index in [0.717, 1.165) is 18.4 Å². The number of nitrogens with one attached hydrogen (secondary N) is 1. The van der Waals surface area contributed by atoms with Crippen LogP contribution in [0.3, 0.4) is 0 Å². The first-order valence-electron chi connectivity index (χ1n) is 8.44. The highest BCUT2D eigenvalue weighted by Crippen LogP contribution is 2.37. The van der Waals surface area contributed by atoms with Gasteiger partial charge in [0.05, 0.1) is 12.6 Å². The second-order valence-electron chi connectivity index (χ2n) is 6.28. The molecule has 0 unspecified atom stereocenters. The van der Waals surface area contributed by atoms with Crippen LogP contribution in [-0.2, 0) is 11.2 Å². The standard InChI is InChI=1S/C19H23FN2OS/c1-3-13(2)21-12-18(23)22-10-8-17-16(9-11-24-17)19(22)14-4-6-15(20)7-5-14/h4-7,9,11,13,19,21H,3,8,10,12H2,1-2H3/t13-,19+/m1/s1. The number of carbonyl (C=O) groups excluding carboxylic acids is 1. The quantitative estimate of drug-likeness (QED) is 0.894. The Morgan fingerprint density at radius 2 is 2.12 bits per heavy atom. The summed E-state index contributed by atoms with van der Waals surface area (Å²) in [6.45, 7) is 5.22. The van der Waals surface area contributed by atoms with Crippen LogP contribution in [0.2, 0.25) is 0 Å². The molecule has 2 aromatic rings. The maximum absolute atomic E-state index is 13.3. The zero-order chi connectivity index (χ0) is 17.1. The number of amides is 1. The van der Waals surface area contributed by atoms with Crippen LogP contribution in [-0.4, -0.2) is 29.9 Å². The third-order valence-electron chi connectivity index (χ3n) is 4.69. The SMILES string of the molecule is CC[C@@H](C)NCC(=O)N1CCc2sccc2[C@@H]1c1ccc(F)cc1. The highest BCUT2D eigenvalue weighted by atomic mass is 32.1. The molecule has 128 valence electrons. The minimum absolute atomic E-state index is 0.0986. The van der Waals surface area contributed by atoms with Gasteiger partial charge in [0.1, 0.15) is 5.82 Å². The highest BCUT2D eigenvalue weighted by molar-refractivity contribution is 7.10. The largest absolute Gasteiger partial charge is 0.330 e. The second-order valence-corrected chi connectivity index (χ2v) is 7.28. The number of fused-ring (bicyclic) bond motifs is 1. The zero-order valence-electron chi connectivity index (χ0n) is 14.1. The van der Waals surface area contributed by atoms with Crippen molar-refractivity contribution in [3.63, 3.8) is 0 Å². The van der Waals surface area contributed by atoms with Gasteiger partial charge in [0.15, 0.2) is 0 Å². The summed E-state index contributed by atoms with van der Waals surface area (Å²) in [5.41, 5.74) is 2.14. The van der Waals surface area contributed by atoms with Crippen LogP contribution in [0.1, 0.15) is 42.3 Å². The summed E-state index contributed by atoms with van der Waals surface area (Å²) in [5, 5.41) is 5.36. The number of thiophene rings is 1. The van der Waals surface area contributed by atoms with E-state index in [1.165, 1.54) is 22.6 Å². The Morgan fingerprint density at radius 3 is 2.83 bits per heavy atom. The van der Waals surface area contributed by atoms with Crippen LogP contribution in [0.4, 0.5) is 4.39 Å². The van der Waals surface area contributed by atoms with E-state index in [9.17, 15) is 9.18 Å². The number of hydrogen-bond acceptors (Lipinski definition) is 3. The van der Waals surface area contributed by atoms with E-state index in [1.807, 2.05) is 4.90 Å². The molecule has 0 saturated carbocycles. The van der Waals surface area contributed by atoms with Gasteiger partial charge in [-0.3, -0.25) is 4.79 Å². The fourth-order valence-electron chi connectivity index (χ4n) is 3.10. The molecule has 3 nitrogen and oxygen atoms in total. The second kappa shape index (κ2) is 7.45. The first kappa shape index (κ1) is 17.1. The van der Waals surface area contributed by atoms with E-state index >= 15 is 0 Å². The van der Waals surface area contributed by atoms with E-state index in [4.69, 9.17) is 0 Å². The molecule has 1 aromatic carbocycles. The zero-order valence-corrected chi connectivity index (χ0v) is 14.9. The van der Waals surface area contributed by atoms with Gasteiger partial charge in [0.25, 0.3) is 0 Å². The van der Waals surface area contributed by atoms with Crippen molar-refractivity contribution in [2.24, 2.45) is 0 Å². The van der Waals surface area contributed by atoms with Gasteiger partial charge in [0.2, 0.25) is 5.91 Å². The van der Waals surface area contributed by atoms with Crippen molar-refractivity contribution in [3.05, 3.63) is 57.5 Å². The summed E-state index contributed by atoms with van der Waals surface area (Å²) in [6, 6.07) is 8.80. The number of nitrogens with zero attached hydrogens (tertiary/aromatic N) is 1. The van der Waals surface area contributed by atoms with Gasteiger partial charge in [-0.1, -0.05) is 19.1 Å². The lowest BCUT2D eigenvalue weighted by Crippen LogP contribution is -2.45. The van der Waals surface area contributed by atoms with Gasteiger partial charge in [-0.15, -0.1) is 11.3 Å². The van der Waals surface area contributed by atoms with E-state index < -0.39 is 0 Å². The molecular formula is C19H23FN2OS. The molecule has 1 aromatic heterocycles. The third kappa shape index (κ3) is 3.52. The van der Waals surface area contributed by atoms with Crippen molar-refractivity contribution in [2.45, 2.75) is 38.8 Å². The molecule has 1 aliphatic rings. The fraction of sp³-hybridized carbons (Fsp3) is 0.421. The molecule has 0 bridgehead atoms. The third-order valence-corrected chi connectivity index (χ3v) is 5.68. The summed E-state index contributed by atoms with van der Waals surface area (Å²) >= 11 is 1.73. The van der Waals surface area contributed by atoms with Crippen LogP contribution in [0.25, 0.3) is 0 Å². The fourth-order valence-corrected chi connectivity index (χ4v) is 4.00. The monoisotopic (exact) mass is 346 g/mol. The Morgan fingerprint density at radius 1 is 1.38 bits per heavy atom. The molecule has 0 aliphatic carbocycles. The summed E-state index contributed by atoms with van der Waals surface area (Å²) in [6.07, 6.45) is 1.88. The molecular weight excluding hydrogens is 323 g/mol. The number of halogens is 1. The molecule has 0 saturated heterocycles. The Labute approximate surface area is 146 Å². The molecule has 2 heterocycles. The molecule has 1 amide bonds. The maximum atomic E-state index is 13.3. The summed E-state index contributed by atoms with van der Waals surface area (Å²) in [7, 11) is 0. The van der Waals surface area contributed by atoms with E-state index in [2.05, 4.69) is 30.6 Å². The Kier molecular flexibility index (Phi) is 5.31. The Hall–Kier alpha value is -1.72. The van der Waals surface area contributed by atoms with Crippen LogP contribution in [0.15, 0.2) is 35.7 Å². The Bertz CT molecular complexity index is 698. The minimum Gasteiger partial charge on any atom is -0.330 e. The summed E-state index contributed by atoms with van der Waals surface area (Å²) < 4.78 is 13.3. The molecule has 0 spiro atoms. The van der Waals surface area contributed by atoms with E-state index in [0.29, 0.717) is 19.1 Å². The number of benzene rings is 1. The molecule has 1 N–H and O–H groups in total. The molecule has 0 radical (unpaired) electrons. The van der Waals surface area contributed by atoms with Crippen molar-refractivity contribution < 1.29 is 9.18 Å². The van der Waals surface area contributed by atoms with Crippen molar-refractivity contribution in [1.82, 2.24) is 10.2 Å². The minimum atomic E-state index is -0.253. The first-order chi connectivity index (χ1) is 11.6. The van der Waals surface area contributed by atoms with Gasteiger partial charge in [-0.05, 0) is 54.5 Å². The van der Waals surface area contributed by atoms with Gasteiger partial charge in [-0.2, -0.15) is 0 Å². The number of rotatable bonds is 5. The van der Waals surface area contributed by atoms with Gasteiger partial charge in [0, 0.05) is 17.5 Å². The van der Waals surface area contributed by atoms with Crippen molar-refractivity contribution in [1.29, 1.82) is 0 Å². The molecule has 2 atom stereocenters. The van der Waals surface area contributed by atoms with Crippen LogP contribution in [0, 0.1) is 5.82 Å². The predicted molar refractivity (Wildman–Crippen MR) is 95.7 cm³/mol. The molecule has 5 heteroatoms. The van der Waals surface area contributed by atoms with Crippen molar-refractivity contribution in [2.75, 3.05) is 13.1 Å². The summed E-state index contributed by atoms with van der Waals surface area (Å²) in [4.78, 5) is 16.0. The number of carbonyl (C=O) groups is 1. The molecule has 3 rings (SSSR count). The van der Waals surface area contributed by atoms with Gasteiger partial charge < -0.3 is 10.2 Å². The molecule has 0 fully saturated rings. The Balaban J connectivity index is 1.87. The number of hydrogen-bond donors (Lipinski definition) is 1.